The van der Waals surface area contributed by atoms with Crippen LogP contribution in [0.4, 0.5) is 5.69 Å². The summed E-state index contributed by atoms with van der Waals surface area (Å²) in [4.78, 5) is 0. The van der Waals surface area contributed by atoms with Crippen LogP contribution in [0.1, 0.15) is 11.1 Å². The van der Waals surface area contributed by atoms with Crippen molar-refractivity contribution in [2.75, 3.05) is 5.73 Å². The van der Waals surface area contributed by atoms with Gasteiger partial charge in [0.25, 0.3) is 0 Å². The van der Waals surface area contributed by atoms with Crippen LogP contribution in [0.25, 0.3) is 0 Å². The van der Waals surface area contributed by atoms with Gasteiger partial charge in [0.05, 0.1) is 6.61 Å². The van der Waals surface area contributed by atoms with E-state index in [0.29, 0.717) is 5.69 Å². The van der Waals surface area contributed by atoms with Crippen molar-refractivity contribution in [2.24, 2.45) is 0 Å². The summed E-state index contributed by atoms with van der Waals surface area (Å²) in [5.74, 6) is 0. The first-order valence-electron chi connectivity index (χ1n) is 3.30. The Labute approximate surface area is 74.2 Å². The molecule has 0 aliphatic rings. The molecule has 0 aromatic heterocycles. The maximum atomic E-state index is 8.88. The number of aliphatic hydroxyl groups is 1. The van der Waals surface area contributed by atoms with Crippen molar-refractivity contribution in [3.05, 3.63) is 27.7 Å². The molecule has 1 rings (SSSR count). The van der Waals surface area contributed by atoms with Crippen LogP contribution in [0.3, 0.4) is 0 Å². The van der Waals surface area contributed by atoms with Crippen LogP contribution in [0.2, 0.25) is 0 Å². The van der Waals surface area contributed by atoms with Gasteiger partial charge in [-0.05, 0) is 30.2 Å². The van der Waals surface area contributed by atoms with Gasteiger partial charge in [-0.3, -0.25) is 0 Å². The first kappa shape index (κ1) is 8.56. The quantitative estimate of drug-likeness (QED) is 0.703. The van der Waals surface area contributed by atoms with Crippen LogP contribution >= 0.6 is 15.9 Å². The van der Waals surface area contributed by atoms with Crippen molar-refractivity contribution in [1.82, 2.24) is 0 Å². The van der Waals surface area contributed by atoms with Gasteiger partial charge in [-0.15, -0.1) is 0 Å². The molecular formula is C8H10BrNO. The highest BCUT2D eigenvalue weighted by atomic mass is 79.9. The maximum Gasteiger partial charge on any atom is 0.0693 e. The Hall–Kier alpha value is -0.540. The van der Waals surface area contributed by atoms with E-state index in [1.165, 1.54) is 0 Å². The van der Waals surface area contributed by atoms with Gasteiger partial charge in [0.1, 0.15) is 0 Å². The Bertz CT molecular complexity index is 273. The lowest BCUT2D eigenvalue weighted by atomic mass is 10.1. The lowest BCUT2D eigenvalue weighted by Crippen LogP contribution is -1.92. The van der Waals surface area contributed by atoms with Crippen molar-refractivity contribution in [3.63, 3.8) is 0 Å². The molecule has 0 saturated heterocycles. The number of nitrogen functional groups attached to an aromatic ring is 1. The van der Waals surface area contributed by atoms with Gasteiger partial charge in [0.2, 0.25) is 0 Å². The predicted octanol–water partition coefficient (Wildman–Crippen LogP) is 1.83. The van der Waals surface area contributed by atoms with Gasteiger partial charge in [0.15, 0.2) is 0 Å². The smallest absolute Gasteiger partial charge is 0.0693 e. The van der Waals surface area contributed by atoms with E-state index in [0.717, 1.165) is 15.6 Å². The van der Waals surface area contributed by atoms with E-state index in [4.69, 9.17) is 10.8 Å². The fourth-order valence-electron chi connectivity index (χ4n) is 0.988. The third-order valence-corrected chi connectivity index (χ3v) is 2.66. The summed E-state index contributed by atoms with van der Waals surface area (Å²) in [6.45, 7) is 1.96. The minimum atomic E-state index is 0.0203. The van der Waals surface area contributed by atoms with Crippen molar-refractivity contribution in [2.45, 2.75) is 13.5 Å². The van der Waals surface area contributed by atoms with Crippen LogP contribution in [-0.4, -0.2) is 5.11 Å². The number of hydrogen-bond acceptors (Lipinski definition) is 2. The molecule has 1 aromatic rings. The van der Waals surface area contributed by atoms with E-state index < -0.39 is 0 Å². The minimum absolute atomic E-state index is 0.0203. The zero-order valence-corrected chi connectivity index (χ0v) is 7.85. The predicted molar refractivity (Wildman–Crippen MR) is 49.2 cm³/mol. The first-order chi connectivity index (χ1) is 5.15. The molecule has 0 aliphatic carbocycles. The summed E-state index contributed by atoms with van der Waals surface area (Å²) in [6.07, 6.45) is 0. The van der Waals surface area contributed by atoms with Crippen LogP contribution in [-0.2, 0) is 6.61 Å². The summed E-state index contributed by atoms with van der Waals surface area (Å²) >= 11 is 3.36. The zero-order chi connectivity index (χ0) is 8.43. The number of aliphatic hydroxyl groups excluding tert-OH is 1. The average molecular weight is 216 g/mol. The lowest BCUT2D eigenvalue weighted by Gasteiger charge is -2.05. The minimum Gasteiger partial charge on any atom is -0.399 e. The van der Waals surface area contributed by atoms with E-state index in [-0.39, 0.29) is 6.61 Å². The van der Waals surface area contributed by atoms with Crippen molar-refractivity contribution < 1.29 is 5.11 Å². The molecule has 0 aliphatic heterocycles. The van der Waals surface area contributed by atoms with Gasteiger partial charge in [-0.25, -0.2) is 0 Å². The van der Waals surface area contributed by atoms with E-state index >= 15 is 0 Å². The van der Waals surface area contributed by atoms with E-state index in [9.17, 15) is 0 Å². The maximum absolute atomic E-state index is 8.88. The van der Waals surface area contributed by atoms with Crippen molar-refractivity contribution in [1.29, 1.82) is 0 Å². The monoisotopic (exact) mass is 215 g/mol. The number of aryl methyl sites for hydroxylation is 1. The van der Waals surface area contributed by atoms with E-state index in [1.807, 2.05) is 13.0 Å². The number of halogens is 1. The Balaban J connectivity index is 3.24. The summed E-state index contributed by atoms with van der Waals surface area (Å²) in [5.41, 5.74) is 8.15. The fourth-order valence-corrected chi connectivity index (χ4v) is 1.34. The molecule has 0 heterocycles. The van der Waals surface area contributed by atoms with E-state index in [2.05, 4.69) is 15.9 Å². The molecule has 0 radical (unpaired) electrons. The molecule has 0 atom stereocenters. The number of benzene rings is 1. The van der Waals surface area contributed by atoms with Gasteiger partial charge < -0.3 is 10.8 Å². The Morgan fingerprint density at radius 3 is 2.73 bits per heavy atom. The highest BCUT2D eigenvalue weighted by Crippen LogP contribution is 2.24. The molecule has 60 valence electrons. The van der Waals surface area contributed by atoms with Crippen LogP contribution < -0.4 is 5.73 Å². The third-order valence-electron chi connectivity index (χ3n) is 1.52. The SMILES string of the molecule is Cc1cc(N)cc(CO)c1Br. The summed E-state index contributed by atoms with van der Waals surface area (Å²) in [7, 11) is 0. The van der Waals surface area contributed by atoms with Crippen LogP contribution in [0, 0.1) is 6.92 Å². The molecule has 2 nitrogen and oxygen atoms in total. The van der Waals surface area contributed by atoms with Crippen molar-refractivity contribution in [3.8, 4) is 0 Å². The van der Waals surface area contributed by atoms with Gasteiger partial charge >= 0.3 is 0 Å². The zero-order valence-electron chi connectivity index (χ0n) is 6.26. The largest absolute Gasteiger partial charge is 0.399 e. The Morgan fingerprint density at radius 1 is 1.55 bits per heavy atom. The van der Waals surface area contributed by atoms with Crippen molar-refractivity contribution >= 4 is 21.6 Å². The normalized spacial score (nSPS) is 10.1. The second-order valence-electron chi connectivity index (χ2n) is 2.47. The first-order valence-corrected chi connectivity index (χ1v) is 4.10. The molecule has 0 fully saturated rings. The highest BCUT2D eigenvalue weighted by Gasteiger charge is 2.02. The number of hydrogen-bond donors (Lipinski definition) is 2. The second kappa shape index (κ2) is 3.24. The molecule has 0 unspecified atom stereocenters. The summed E-state index contributed by atoms with van der Waals surface area (Å²) in [6, 6.07) is 3.63. The van der Waals surface area contributed by atoms with Gasteiger partial charge in [0, 0.05) is 10.2 Å². The molecule has 0 amide bonds. The molecule has 0 bridgehead atoms. The molecule has 1 aromatic carbocycles. The molecule has 3 N–H and O–H groups in total. The second-order valence-corrected chi connectivity index (χ2v) is 3.26. The number of anilines is 1. The lowest BCUT2D eigenvalue weighted by molar-refractivity contribution is 0.281. The Kier molecular flexibility index (Phi) is 2.52. The summed E-state index contributed by atoms with van der Waals surface area (Å²) in [5, 5.41) is 8.88. The topological polar surface area (TPSA) is 46.2 Å². The highest BCUT2D eigenvalue weighted by molar-refractivity contribution is 9.10. The number of nitrogens with two attached hydrogens (primary N) is 1. The third kappa shape index (κ3) is 1.73. The summed E-state index contributed by atoms with van der Waals surface area (Å²) < 4.78 is 0.939. The molecular weight excluding hydrogens is 206 g/mol. The molecule has 0 spiro atoms. The molecule has 11 heavy (non-hydrogen) atoms. The standard InChI is InChI=1S/C8H10BrNO/c1-5-2-7(10)3-6(4-11)8(5)9/h2-3,11H,4,10H2,1H3. The fraction of sp³-hybridized carbons (Fsp3) is 0.250. The average Bonchev–Trinajstić information content (AvgIpc) is 1.96. The van der Waals surface area contributed by atoms with E-state index in [1.54, 1.807) is 6.07 Å². The molecule has 0 saturated carbocycles. The number of rotatable bonds is 1. The van der Waals surface area contributed by atoms with Gasteiger partial charge in [-0.2, -0.15) is 0 Å². The van der Waals surface area contributed by atoms with Crippen LogP contribution in [0.15, 0.2) is 16.6 Å². The van der Waals surface area contributed by atoms with Crippen LogP contribution in [0.5, 0.6) is 0 Å². The van der Waals surface area contributed by atoms with Gasteiger partial charge in [-0.1, -0.05) is 15.9 Å². The Morgan fingerprint density at radius 2 is 2.18 bits per heavy atom. The molecule has 3 heteroatoms.